The Kier molecular flexibility index (Phi) is 15.0. The van der Waals surface area contributed by atoms with Gasteiger partial charge in [0.25, 0.3) is 5.91 Å². The summed E-state index contributed by atoms with van der Waals surface area (Å²) in [6, 6.07) is 10.0. The molecule has 1 aromatic carbocycles. The van der Waals surface area contributed by atoms with Gasteiger partial charge in [-0.1, -0.05) is 115 Å². The highest BCUT2D eigenvalue weighted by Gasteiger charge is 2.34. The molecule has 0 radical (unpaired) electrons. The number of hydrogen-bond acceptors (Lipinski definition) is 9. The maximum absolute atomic E-state index is 13.5. The van der Waals surface area contributed by atoms with E-state index in [1.165, 1.54) is 56.0 Å². The first kappa shape index (κ1) is 38.0. The largest absolute Gasteiger partial charge is 0.497 e. The average Bonchev–Trinajstić information content (AvgIpc) is 3.75. The number of benzene rings is 1. The van der Waals surface area contributed by atoms with E-state index >= 15 is 0 Å². The SMILES string of the molecule is CCCCCCCCN(CCCCCC)c1nc(-c2cccc(OC)c2)c(/N=C2/C(C)=C(C#N)C(=O)n3nc(C(CC)CCCC)nc32)s1. The molecule has 0 amide bonds. The first-order valence-corrected chi connectivity index (χ1v) is 19.3. The van der Waals surface area contributed by atoms with Crippen LogP contribution in [-0.2, 0) is 0 Å². The van der Waals surface area contributed by atoms with Crippen molar-refractivity contribution < 1.29 is 9.53 Å². The summed E-state index contributed by atoms with van der Waals surface area (Å²) >= 11 is 1.56. The fourth-order valence-corrected chi connectivity index (χ4v) is 7.29. The third kappa shape index (κ3) is 9.66. The predicted molar refractivity (Wildman–Crippen MR) is 202 cm³/mol. The molecule has 1 atom stereocenters. The van der Waals surface area contributed by atoms with Gasteiger partial charge in [-0.15, -0.1) is 5.10 Å². The van der Waals surface area contributed by atoms with Crippen LogP contribution in [0.2, 0.25) is 0 Å². The van der Waals surface area contributed by atoms with Crippen LogP contribution in [0.3, 0.4) is 0 Å². The molecule has 0 spiro atoms. The maximum Gasteiger partial charge on any atom is 0.291 e. The number of aliphatic imine (C=N–C) groups is 1. The van der Waals surface area contributed by atoms with Crippen molar-refractivity contribution in [2.45, 2.75) is 130 Å². The molecule has 1 aliphatic rings. The van der Waals surface area contributed by atoms with Gasteiger partial charge >= 0.3 is 0 Å². The zero-order chi connectivity index (χ0) is 35.2. The smallest absolute Gasteiger partial charge is 0.291 e. The Bertz CT molecular complexity index is 1630. The summed E-state index contributed by atoms with van der Waals surface area (Å²) in [4.78, 5) is 31.3. The lowest BCUT2D eigenvalue weighted by molar-refractivity contribution is 0.0941. The molecule has 0 saturated carbocycles. The molecule has 1 unspecified atom stereocenters. The number of carbonyl (C=O) groups excluding carboxylic acids is 1. The second-order valence-electron chi connectivity index (χ2n) is 13.0. The third-order valence-corrected chi connectivity index (χ3v) is 10.3. The summed E-state index contributed by atoms with van der Waals surface area (Å²) in [5, 5.41) is 16.4. The Morgan fingerprint density at radius 3 is 2.29 bits per heavy atom. The molecule has 0 N–H and O–H groups in total. The zero-order valence-corrected chi connectivity index (χ0v) is 31.4. The summed E-state index contributed by atoms with van der Waals surface area (Å²) in [6.45, 7) is 12.5. The second kappa shape index (κ2) is 19.4. The molecule has 2 aromatic heterocycles. The quantitative estimate of drug-likeness (QED) is 0.103. The van der Waals surface area contributed by atoms with Crippen molar-refractivity contribution in [3.8, 4) is 23.1 Å². The molecule has 9 nitrogen and oxygen atoms in total. The first-order chi connectivity index (χ1) is 23.9. The maximum atomic E-state index is 13.5. The fraction of sp³-hybridized carbons (Fsp3) is 0.590. The number of ether oxygens (including phenoxy) is 1. The van der Waals surface area contributed by atoms with Crippen molar-refractivity contribution in [1.82, 2.24) is 19.7 Å². The van der Waals surface area contributed by atoms with E-state index in [0.29, 0.717) is 27.9 Å². The van der Waals surface area contributed by atoms with Crippen molar-refractivity contribution >= 4 is 33.1 Å². The first-order valence-electron chi connectivity index (χ1n) is 18.5. The molecular formula is C39H55N7O2S. The highest BCUT2D eigenvalue weighted by Crippen LogP contribution is 2.42. The number of rotatable bonds is 21. The van der Waals surface area contributed by atoms with Crippen molar-refractivity contribution in [2.24, 2.45) is 4.99 Å². The molecule has 3 aromatic rings. The van der Waals surface area contributed by atoms with E-state index in [-0.39, 0.29) is 11.5 Å². The van der Waals surface area contributed by atoms with Crippen molar-refractivity contribution in [2.75, 3.05) is 25.1 Å². The van der Waals surface area contributed by atoms with E-state index in [2.05, 4.69) is 43.8 Å². The Morgan fingerprint density at radius 1 is 0.959 bits per heavy atom. The summed E-state index contributed by atoms with van der Waals surface area (Å²) in [6.07, 6.45) is 16.1. The molecule has 264 valence electrons. The van der Waals surface area contributed by atoms with Gasteiger partial charge in [-0.3, -0.25) is 4.79 Å². The van der Waals surface area contributed by atoms with Crippen LogP contribution in [0.5, 0.6) is 5.75 Å². The van der Waals surface area contributed by atoms with E-state index in [1.54, 1.807) is 25.4 Å². The van der Waals surface area contributed by atoms with E-state index in [0.717, 1.165) is 73.8 Å². The molecule has 0 saturated heterocycles. The minimum Gasteiger partial charge on any atom is -0.497 e. The number of allylic oxidation sites excluding steroid dienone is 2. The number of fused-ring (bicyclic) bond motifs is 1. The Morgan fingerprint density at radius 2 is 1.63 bits per heavy atom. The number of thiazole rings is 1. The van der Waals surface area contributed by atoms with Gasteiger partial charge in [0.05, 0.1) is 7.11 Å². The van der Waals surface area contributed by atoms with Gasteiger partial charge in [0, 0.05) is 30.1 Å². The lowest BCUT2D eigenvalue weighted by atomic mass is 9.98. The van der Waals surface area contributed by atoms with Gasteiger partial charge in [0.15, 0.2) is 16.8 Å². The molecule has 3 heterocycles. The minimum atomic E-state index is -0.451. The molecule has 10 heteroatoms. The summed E-state index contributed by atoms with van der Waals surface area (Å²) in [7, 11) is 1.66. The van der Waals surface area contributed by atoms with Crippen LogP contribution < -0.4 is 9.64 Å². The number of aromatic nitrogens is 4. The van der Waals surface area contributed by atoms with Gasteiger partial charge in [-0.25, -0.2) is 15.0 Å². The van der Waals surface area contributed by atoms with Crippen molar-refractivity contribution in [3.63, 3.8) is 0 Å². The highest BCUT2D eigenvalue weighted by atomic mass is 32.1. The zero-order valence-electron chi connectivity index (χ0n) is 30.6. The monoisotopic (exact) mass is 685 g/mol. The number of hydrogen-bond donors (Lipinski definition) is 0. The van der Waals surface area contributed by atoms with Gasteiger partial charge in [-0.2, -0.15) is 9.94 Å². The molecule has 0 bridgehead atoms. The second-order valence-corrected chi connectivity index (χ2v) is 14.0. The average molecular weight is 686 g/mol. The van der Waals surface area contributed by atoms with Crippen LogP contribution in [0.25, 0.3) is 11.3 Å². The van der Waals surface area contributed by atoms with Crippen LogP contribution in [-0.4, -0.2) is 51.6 Å². The standard InChI is InChI=1S/C39H55N7O2S/c1-7-11-14-16-17-19-25-45(24-18-15-12-8-2)39-42-34(30-22-20-23-31(26-30)48-6)37(49-39)41-33-28(5)32(27-40)38(47)46-36(33)43-35(44-46)29(10-4)21-13-9-3/h20,22-23,26,29H,7-19,21,24-25H2,1-6H3/b41-33-. The molecule has 1 aliphatic heterocycles. The highest BCUT2D eigenvalue weighted by molar-refractivity contribution is 7.19. The third-order valence-electron chi connectivity index (χ3n) is 9.34. The molecule has 49 heavy (non-hydrogen) atoms. The molecule has 0 aliphatic carbocycles. The molecular weight excluding hydrogens is 631 g/mol. The van der Waals surface area contributed by atoms with Crippen LogP contribution in [0, 0.1) is 11.3 Å². The number of anilines is 1. The Labute approximate surface area is 297 Å². The van der Waals surface area contributed by atoms with Crippen molar-refractivity contribution in [3.05, 3.63) is 47.1 Å². The van der Waals surface area contributed by atoms with Crippen LogP contribution in [0.15, 0.2) is 40.4 Å². The minimum absolute atomic E-state index is 0.0394. The lowest BCUT2D eigenvalue weighted by Gasteiger charge is -2.22. The number of methoxy groups -OCH3 is 1. The normalized spacial score (nSPS) is 14.3. The summed E-state index contributed by atoms with van der Waals surface area (Å²) in [5.74, 6) is 1.44. The van der Waals surface area contributed by atoms with Crippen LogP contribution in [0.4, 0.5) is 10.1 Å². The number of nitrogens with zero attached hydrogens (tertiary/aromatic N) is 7. The van der Waals surface area contributed by atoms with Gasteiger partial charge < -0.3 is 9.64 Å². The van der Waals surface area contributed by atoms with E-state index in [1.807, 2.05) is 24.3 Å². The van der Waals surface area contributed by atoms with Gasteiger partial charge in [0.2, 0.25) is 0 Å². The molecule has 4 rings (SSSR count). The summed E-state index contributed by atoms with van der Waals surface area (Å²) < 4.78 is 6.88. The van der Waals surface area contributed by atoms with E-state index in [4.69, 9.17) is 19.7 Å². The van der Waals surface area contributed by atoms with Crippen LogP contribution >= 0.6 is 11.3 Å². The predicted octanol–water partition coefficient (Wildman–Crippen LogP) is 10.5. The van der Waals surface area contributed by atoms with Crippen molar-refractivity contribution in [1.29, 1.82) is 5.26 Å². The molecule has 0 fully saturated rings. The van der Waals surface area contributed by atoms with Gasteiger partial charge in [0.1, 0.15) is 33.8 Å². The Hall–Kier alpha value is -3.84. The summed E-state index contributed by atoms with van der Waals surface area (Å²) in [5.41, 5.74) is 2.68. The number of nitriles is 1. The fourth-order valence-electron chi connectivity index (χ4n) is 6.27. The van der Waals surface area contributed by atoms with E-state index in [9.17, 15) is 10.1 Å². The number of carbonyl (C=O) groups is 1. The van der Waals surface area contributed by atoms with E-state index < -0.39 is 5.91 Å². The Balaban J connectivity index is 1.82. The van der Waals surface area contributed by atoms with Gasteiger partial charge in [-0.05, 0) is 44.7 Å². The number of unbranched alkanes of at least 4 members (excludes halogenated alkanes) is 9. The lowest BCUT2D eigenvalue weighted by Crippen LogP contribution is -2.28. The van der Waals surface area contributed by atoms with Crippen LogP contribution in [0.1, 0.15) is 147 Å². The topological polar surface area (TPSA) is 109 Å².